The normalized spacial score (nSPS) is 14.2. The van der Waals surface area contributed by atoms with Crippen molar-refractivity contribution in [2.45, 2.75) is 65.5 Å². The van der Waals surface area contributed by atoms with E-state index in [1.165, 1.54) is 6.07 Å². The molecule has 1 N–H and O–H groups in total. The summed E-state index contributed by atoms with van der Waals surface area (Å²) in [5.41, 5.74) is 3.53. The van der Waals surface area contributed by atoms with E-state index in [0.29, 0.717) is 24.1 Å². The zero-order chi connectivity index (χ0) is 19.8. The van der Waals surface area contributed by atoms with Crippen molar-refractivity contribution in [2.24, 2.45) is 0 Å². The summed E-state index contributed by atoms with van der Waals surface area (Å²) in [5, 5.41) is 2.97. The quantitative estimate of drug-likeness (QED) is 0.886. The molecule has 0 saturated heterocycles. The number of amides is 1. The van der Waals surface area contributed by atoms with Crippen LogP contribution in [0.4, 0.5) is 4.39 Å². The lowest BCUT2D eigenvalue weighted by atomic mass is 9.91. The minimum Gasteiger partial charge on any atom is -0.351 e. The van der Waals surface area contributed by atoms with Gasteiger partial charge in [0.1, 0.15) is 5.82 Å². The maximum absolute atomic E-state index is 14.2. The molecule has 0 fully saturated rings. The van der Waals surface area contributed by atoms with Crippen molar-refractivity contribution in [3.8, 4) is 0 Å². The lowest BCUT2D eigenvalue weighted by Gasteiger charge is -2.21. The standard InChI is InChI=1S/C22H27FN2O2/c1-14-16(12-20(27)24-22(2,3)4)21-18(10-7-11-19(21)26)25(14)13-15-8-5-6-9-17(15)23/h5-6,8-9H,7,10-13H2,1-4H3,(H,24,27). The van der Waals surface area contributed by atoms with E-state index in [4.69, 9.17) is 0 Å². The van der Waals surface area contributed by atoms with Gasteiger partial charge in [-0.15, -0.1) is 0 Å². The number of Topliss-reactive ketones (excluding diaryl/α,β-unsaturated/α-hetero) is 1. The van der Waals surface area contributed by atoms with Crippen LogP contribution in [-0.4, -0.2) is 21.8 Å². The molecule has 0 spiro atoms. The van der Waals surface area contributed by atoms with Crippen LogP contribution >= 0.6 is 0 Å². The van der Waals surface area contributed by atoms with Gasteiger partial charge in [-0.25, -0.2) is 4.39 Å². The second kappa shape index (κ2) is 7.29. The first-order valence-corrected chi connectivity index (χ1v) is 9.46. The summed E-state index contributed by atoms with van der Waals surface area (Å²) in [6.45, 7) is 8.09. The molecule has 1 aliphatic rings. The number of halogens is 1. The lowest BCUT2D eigenvalue weighted by Crippen LogP contribution is -2.41. The molecule has 1 aromatic carbocycles. The van der Waals surface area contributed by atoms with Gasteiger partial charge in [0.15, 0.2) is 5.78 Å². The Bertz CT molecular complexity index is 890. The molecular weight excluding hydrogens is 343 g/mol. The van der Waals surface area contributed by atoms with Gasteiger partial charge in [-0.1, -0.05) is 18.2 Å². The van der Waals surface area contributed by atoms with Gasteiger partial charge in [-0.2, -0.15) is 0 Å². The Morgan fingerprint density at radius 3 is 2.59 bits per heavy atom. The first kappa shape index (κ1) is 19.3. The molecule has 4 nitrogen and oxygen atoms in total. The number of rotatable bonds is 4. The third kappa shape index (κ3) is 4.12. The summed E-state index contributed by atoms with van der Waals surface area (Å²) in [6.07, 6.45) is 2.24. The number of fused-ring (bicyclic) bond motifs is 1. The minimum atomic E-state index is -0.329. The highest BCUT2D eigenvalue weighted by Gasteiger charge is 2.29. The van der Waals surface area contributed by atoms with Crippen LogP contribution in [0.15, 0.2) is 24.3 Å². The topological polar surface area (TPSA) is 51.1 Å². The summed E-state index contributed by atoms with van der Waals surface area (Å²) < 4.78 is 16.2. The number of nitrogens with one attached hydrogen (secondary N) is 1. The first-order valence-electron chi connectivity index (χ1n) is 9.46. The Balaban J connectivity index is 2.01. The molecule has 0 radical (unpaired) electrons. The van der Waals surface area contributed by atoms with Crippen LogP contribution in [-0.2, 0) is 24.2 Å². The van der Waals surface area contributed by atoms with Gasteiger partial charge in [0.2, 0.25) is 5.91 Å². The molecule has 0 bridgehead atoms. The van der Waals surface area contributed by atoms with Crippen molar-refractivity contribution in [1.29, 1.82) is 0 Å². The summed E-state index contributed by atoms with van der Waals surface area (Å²) in [7, 11) is 0. The molecule has 0 atom stereocenters. The Labute approximate surface area is 159 Å². The molecule has 1 heterocycles. The molecule has 1 aliphatic carbocycles. The number of nitrogens with zero attached hydrogens (tertiary/aromatic N) is 1. The van der Waals surface area contributed by atoms with Gasteiger partial charge in [-0.05, 0) is 52.2 Å². The van der Waals surface area contributed by atoms with E-state index in [9.17, 15) is 14.0 Å². The van der Waals surface area contributed by atoms with Crippen LogP contribution in [0.25, 0.3) is 0 Å². The average molecular weight is 370 g/mol. The maximum atomic E-state index is 14.2. The van der Waals surface area contributed by atoms with Crippen molar-refractivity contribution >= 4 is 11.7 Å². The third-order valence-electron chi connectivity index (χ3n) is 4.99. The molecule has 0 unspecified atom stereocenters. The highest BCUT2D eigenvalue weighted by molar-refractivity contribution is 6.01. The van der Waals surface area contributed by atoms with E-state index in [1.807, 2.05) is 38.3 Å². The minimum absolute atomic E-state index is 0.0881. The molecule has 5 heteroatoms. The molecular formula is C22H27FN2O2. The van der Waals surface area contributed by atoms with E-state index in [1.54, 1.807) is 12.1 Å². The second-order valence-corrected chi connectivity index (χ2v) is 8.31. The van der Waals surface area contributed by atoms with Gasteiger partial charge in [0.25, 0.3) is 0 Å². The first-order chi connectivity index (χ1) is 12.7. The number of hydrogen-bond donors (Lipinski definition) is 1. The number of hydrogen-bond acceptors (Lipinski definition) is 2. The van der Waals surface area contributed by atoms with Crippen LogP contribution < -0.4 is 5.32 Å². The molecule has 1 amide bonds. The van der Waals surface area contributed by atoms with Crippen LogP contribution in [0, 0.1) is 12.7 Å². The molecule has 2 aromatic rings. The Kier molecular flexibility index (Phi) is 5.22. The van der Waals surface area contributed by atoms with Crippen molar-refractivity contribution in [3.63, 3.8) is 0 Å². The Morgan fingerprint density at radius 2 is 1.93 bits per heavy atom. The number of carbonyl (C=O) groups excluding carboxylic acids is 2. The van der Waals surface area contributed by atoms with E-state index in [-0.39, 0.29) is 29.5 Å². The summed E-state index contributed by atoms with van der Waals surface area (Å²) in [6, 6.07) is 6.69. The highest BCUT2D eigenvalue weighted by atomic mass is 19.1. The highest BCUT2D eigenvalue weighted by Crippen LogP contribution is 2.31. The maximum Gasteiger partial charge on any atom is 0.224 e. The van der Waals surface area contributed by atoms with Crippen molar-refractivity contribution in [3.05, 3.63) is 58.2 Å². The molecule has 0 saturated carbocycles. The van der Waals surface area contributed by atoms with Crippen LogP contribution in [0.2, 0.25) is 0 Å². The molecule has 144 valence electrons. The SMILES string of the molecule is Cc1c(CC(=O)NC(C)(C)C)c2c(n1Cc1ccccc1F)CCCC2=O. The summed E-state index contributed by atoms with van der Waals surface area (Å²) in [5.74, 6) is -0.270. The Hall–Kier alpha value is -2.43. The largest absolute Gasteiger partial charge is 0.351 e. The van der Waals surface area contributed by atoms with Gasteiger partial charge in [0.05, 0.1) is 13.0 Å². The lowest BCUT2D eigenvalue weighted by molar-refractivity contribution is -0.121. The average Bonchev–Trinajstić information content (AvgIpc) is 2.82. The fourth-order valence-corrected chi connectivity index (χ4v) is 3.84. The van der Waals surface area contributed by atoms with E-state index in [0.717, 1.165) is 29.8 Å². The summed E-state index contributed by atoms with van der Waals surface area (Å²) in [4.78, 5) is 25.1. The Morgan fingerprint density at radius 1 is 1.22 bits per heavy atom. The third-order valence-corrected chi connectivity index (χ3v) is 4.99. The molecule has 1 aromatic heterocycles. The molecule has 3 rings (SSSR count). The zero-order valence-corrected chi connectivity index (χ0v) is 16.5. The van der Waals surface area contributed by atoms with Gasteiger partial charge in [-0.3, -0.25) is 9.59 Å². The monoisotopic (exact) mass is 370 g/mol. The van der Waals surface area contributed by atoms with Gasteiger partial charge < -0.3 is 9.88 Å². The molecule has 27 heavy (non-hydrogen) atoms. The van der Waals surface area contributed by atoms with Crippen molar-refractivity contribution < 1.29 is 14.0 Å². The van der Waals surface area contributed by atoms with Crippen LogP contribution in [0.3, 0.4) is 0 Å². The van der Waals surface area contributed by atoms with Crippen molar-refractivity contribution in [1.82, 2.24) is 9.88 Å². The van der Waals surface area contributed by atoms with Crippen LogP contribution in [0.1, 0.15) is 66.5 Å². The zero-order valence-electron chi connectivity index (χ0n) is 16.5. The molecule has 0 aliphatic heterocycles. The summed E-state index contributed by atoms with van der Waals surface area (Å²) >= 11 is 0. The number of carbonyl (C=O) groups is 2. The fraction of sp³-hybridized carbons (Fsp3) is 0.455. The van der Waals surface area contributed by atoms with Crippen molar-refractivity contribution in [2.75, 3.05) is 0 Å². The van der Waals surface area contributed by atoms with Gasteiger partial charge in [0, 0.05) is 34.5 Å². The van der Waals surface area contributed by atoms with E-state index >= 15 is 0 Å². The number of benzene rings is 1. The van der Waals surface area contributed by atoms with E-state index in [2.05, 4.69) is 5.32 Å². The fourth-order valence-electron chi connectivity index (χ4n) is 3.84. The predicted molar refractivity (Wildman–Crippen MR) is 104 cm³/mol. The number of ketones is 1. The predicted octanol–water partition coefficient (Wildman–Crippen LogP) is 3.96. The van der Waals surface area contributed by atoms with Crippen LogP contribution in [0.5, 0.6) is 0 Å². The van der Waals surface area contributed by atoms with Gasteiger partial charge >= 0.3 is 0 Å². The second-order valence-electron chi connectivity index (χ2n) is 8.31. The van der Waals surface area contributed by atoms with E-state index < -0.39 is 0 Å². The number of aromatic nitrogens is 1. The smallest absolute Gasteiger partial charge is 0.224 e.